The summed E-state index contributed by atoms with van der Waals surface area (Å²) >= 11 is 0. The van der Waals surface area contributed by atoms with Crippen molar-refractivity contribution in [1.29, 1.82) is 0 Å². The number of carbonyl (C=O) groups is 2. The number of Topliss-reactive ketones (excluding diaryl/α,β-unsaturated/α-hetero) is 2. The van der Waals surface area contributed by atoms with Crippen LogP contribution >= 0.6 is 0 Å². The molecule has 1 saturated carbocycles. The van der Waals surface area contributed by atoms with E-state index in [1.807, 2.05) is 20.8 Å². The summed E-state index contributed by atoms with van der Waals surface area (Å²) in [5.74, 6) is 5.11. The lowest BCUT2D eigenvalue weighted by molar-refractivity contribution is -0.135. The molecule has 0 spiro atoms. The second-order valence-electron chi connectivity index (χ2n) is 6.22. The van der Waals surface area contributed by atoms with Gasteiger partial charge in [-0.3, -0.25) is 9.59 Å². The number of nitrogens with two attached hydrogens (primary N) is 1. The van der Waals surface area contributed by atoms with Crippen LogP contribution in [0, 0.1) is 5.41 Å². The Balaban J connectivity index is 2.41. The van der Waals surface area contributed by atoms with E-state index in [0.717, 1.165) is 17.5 Å². The minimum Gasteiger partial charge on any atom is -0.412 e. The maximum atomic E-state index is 12.4. The monoisotopic (exact) mass is 275 g/mol. The second-order valence-corrected chi connectivity index (χ2v) is 6.22. The van der Waals surface area contributed by atoms with Gasteiger partial charge >= 0.3 is 0 Å². The first-order valence-electron chi connectivity index (χ1n) is 6.93. The molecule has 1 aromatic rings. The van der Waals surface area contributed by atoms with E-state index < -0.39 is 5.92 Å². The van der Waals surface area contributed by atoms with Gasteiger partial charge in [0.25, 0.3) is 0 Å². The molecule has 0 heterocycles. The Labute approximate surface area is 119 Å². The van der Waals surface area contributed by atoms with Crippen LogP contribution in [-0.4, -0.2) is 11.6 Å². The van der Waals surface area contributed by atoms with Gasteiger partial charge in [-0.25, -0.2) is 0 Å². The molecule has 4 heteroatoms. The third-order valence-electron chi connectivity index (χ3n) is 3.89. The summed E-state index contributed by atoms with van der Waals surface area (Å²) in [6.07, 6.45) is 1.62. The molecule has 1 aromatic carbocycles. The molecule has 0 atom stereocenters. The van der Waals surface area contributed by atoms with Gasteiger partial charge in [-0.1, -0.05) is 26.8 Å². The van der Waals surface area contributed by atoms with Crippen LogP contribution in [0.25, 0.3) is 0 Å². The fourth-order valence-corrected chi connectivity index (χ4v) is 2.98. The highest BCUT2D eigenvalue weighted by atomic mass is 16.6. The summed E-state index contributed by atoms with van der Waals surface area (Å²) in [4.78, 5) is 29.4. The van der Waals surface area contributed by atoms with E-state index in [1.165, 1.54) is 0 Å². The Hall–Kier alpha value is -1.68. The van der Waals surface area contributed by atoms with E-state index in [2.05, 4.69) is 0 Å². The van der Waals surface area contributed by atoms with Crippen molar-refractivity contribution < 1.29 is 14.4 Å². The van der Waals surface area contributed by atoms with Crippen LogP contribution in [0.1, 0.15) is 50.7 Å². The molecule has 2 rings (SSSR count). The average molecular weight is 275 g/mol. The molecule has 0 radical (unpaired) electrons. The molecular formula is C16H21NO3. The fraction of sp³-hybridized carbons (Fsp3) is 0.500. The summed E-state index contributed by atoms with van der Waals surface area (Å²) in [5.41, 5.74) is 1.52. The standard InChI is InChI=1S/C16H21NO3/c1-4-10-7-11(20-17)5-6-12(10)15-13(18)8-16(2,3)9-14(15)19/h5-7,15H,4,8-9,17H2,1-3H3. The van der Waals surface area contributed by atoms with Gasteiger partial charge in [-0.15, -0.1) is 0 Å². The molecule has 0 amide bonds. The Bertz CT molecular complexity index is 529. The lowest BCUT2D eigenvalue weighted by Crippen LogP contribution is -2.36. The molecule has 0 bridgehead atoms. The molecule has 1 fully saturated rings. The predicted molar refractivity (Wildman–Crippen MR) is 76.4 cm³/mol. The highest BCUT2D eigenvalue weighted by Gasteiger charge is 2.40. The fourth-order valence-electron chi connectivity index (χ4n) is 2.98. The van der Waals surface area contributed by atoms with E-state index in [9.17, 15) is 9.59 Å². The molecule has 4 nitrogen and oxygen atoms in total. The quantitative estimate of drug-likeness (QED) is 0.680. The maximum absolute atomic E-state index is 12.4. The highest BCUT2D eigenvalue weighted by Crippen LogP contribution is 2.39. The third-order valence-corrected chi connectivity index (χ3v) is 3.89. The molecule has 0 aromatic heterocycles. The number of hydrogen-bond acceptors (Lipinski definition) is 4. The van der Waals surface area contributed by atoms with Crippen molar-refractivity contribution in [2.24, 2.45) is 11.3 Å². The van der Waals surface area contributed by atoms with Crippen molar-refractivity contribution in [3.05, 3.63) is 29.3 Å². The SMILES string of the molecule is CCc1cc(ON)ccc1C1C(=O)CC(C)(C)CC1=O. The van der Waals surface area contributed by atoms with Gasteiger partial charge in [0.2, 0.25) is 0 Å². The van der Waals surface area contributed by atoms with E-state index >= 15 is 0 Å². The summed E-state index contributed by atoms with van der Waals surface area (Å²) in [5, 5.41) is 0. The Morgan fingerprint density at radius 3 is 2.35 bits per heavy atom. The lowest BCUT2D eigenvalue weighted by Gasteiger charge is -2.32. The topological polar surface area (TPSA) is 69.4 Å². The van der Waals surface area contributed by atoms with Crippen molar-refractivity contribution in [3.8, 4) is 5.75 Å². The van der Waals surface area contributed by atoms with E-state index in [-0.39, 0.29) is 17.0 Å². The number of rotatable bonds is 3. The third kappa shape index (κ3) is 2.75. The van der Waals surface area contributed by atoms with E-state index in [1.54, 1.807) is 18.2 Å². The van der Waals surface area contributed by atoms with Crippen molar-refractivity contribution in [3.63, 3.8) is 0 Å². The molecule has 2 N–H and O–H groups in total. The number of carbonyl (C=O) groups excluding carboxylic acids is 2. The summed E-state index contributed by atoms with van der Waals surface area (Å²) in [6, 6.07) is 5.30. The zero-order valence-corrected chi connectivity index (χ0v) is 12.2. The van der Waals surface area contributed by atoms with Crippen LogP contribution in [-0.2, 0) is 16.0 Å². The molecule has 1 aliphatic rings. The van der Waals surface area contributed by atoms with Crippen LogP contribution in [0.15, 0.2) is 18.2 Å². The van der Waals surface area contributed by atoms with Gasteiger partial charge in [0.1, 0.15) is 23.2 Å². The van der Waals surface area contributed by atoms with Gasteiger partial charge in [-0.2, -0.15) is 5.90 Å². The first-order valence-corrected chi connectivity index (χ1v) is 6.93. The largest absolute Gasteiger partial charge is 0.412 e. The molecule has 0 saturated heterocycles. The van der Waals surface area contributed by atoms with Crippen LogP contribution < -0.4 is 10.7 Å². The van der Waals surface area contributed by atoms with Crippen molar-refractivity contribution >= 4 is 11.6 Å². The van der Waals surface area contributed by atoms with Crippen LogP contribution in [0.2, 0.25) is 0 Å². The van der Waals surface area contributed by atoms with Crippen LogP contribution in [0.3, 0.4) is 0 Å². The van der Waals surface area contributed by atoms with Gasteiger partial charge in [0, 0.05) is 12.8 Å². The molecule has 0 aliphatic heterocycles. The summed E-state index contributed by atoms with van der Waals surface area (Å²) in [7, 11) is 0. The van der Waals surface area contributed by atoms with Gasteiger partial charge in [0.05, 0.1) is 0 Å². The minimum absolute atomic E-state index is 0.0161. The lowest BCUT2D eigenvalue weighted by atomic mass is 9.69. The minimum atomic E-state index is -0.621. The zero-order chi connectivity index (χ0) is 14.9. The smallest absolute Gasteiger partial charge is 0.148 e. The summed E-state index contributed by atoms with van der Waals surface area (Å²) in [6.45, 7) is 5.91. The Kier molecular flexibility index (Phi) is 3.95. The molecular weight excluding hydrogens is 254 g/mol. The van der Waals surface area contributed by atoms with Crippen LogP contribution in [0.4, 0.5) is 0 Å². The van der Waals surface area contributed by atoms with E-state index in [4.69, 9.17) is 10.7 Å². The predicted octanol–water partition coefficient (Wildman–Crippen LogP) is 2.54. The van der Waals surface area contributed by atoms with Crippen molar-refractivity contribution in [1.82, 2.24) is 0 Å². The van der Waals surface area contributed by atoms with Crippen molar-refractivity contribution in [2.45, 2.75) is 46.0 Å². The molecule has 1 aliphatic carbocycles. The van der Waals surface area contributed by atoms with E-state index in [0.29, 0.717) is 18.6 Å². The van der Waals surface area contributed by atoms with Gasteiger partial charge < -0.3 is 4.84 Å². The first-order chi connectivity index (χ1) is 9.38. The number of benzene rings is 1. The number of ketones is 2. The first kappa shape index (κ1) is 14.7. The van der Waals surface area contributed by atoms with Crippen LogP contribution in [0.5, 0.6) is 5.75 Å². The van der Waals surface area contributed by atoms with Crippen molar-refractivity contribution in [2.75, 3.05) is 0 Å². The average Bonchev–Trinajstić information content (AvgIpc) is 2.36. The number of hydrogen-bond donors (Lipinski definition) is 1. The number of aryl methyl sites for hydroxylation is 1. The van der Waals surface area contributed by atoms with Gasteiger partial charge in [-0.05, 0) is 35.1 Å². The normalized spacial score (nSPS) is 19.2. The molecule has 0 unspecified atom stereocenters. The zero-order valence-electron chi connectivity index (χ0n) is 12.2. The maximum Gasteiger partial charge on any atom is 0.148 e. The van der Waals surface area contributed by atoms with Gasteiger partial charge in [0.15, 0.2) is 0 Å². The molecule has 108 valence electrons. The Morgan fingerprint density at radius 2 is 1.85 bits per heavy atom. The summed E-state index contributed by atoms with van der Waals surface area (Å²) < 4.78 is 0. The highest BCUT2D eigenvalue weighted by molar-refractivity contribution is 6.10. The second kappa shape index (κ2) is 5.37. The molecule has 20 heavy (non-hydrogen) atoms. The Morgan fingerprint density at radius 1 is 1.25 bits per heavy atom.